The fourth-order valence-corrected chi connectivity index (χ4v) is 39.4. The first-order chi connectivity index (χ1) is 18.7. The van der Waals surface area contributed by atoms with Gasteiger partial charge in [0.05, 0.1) is 0 Å². The quantitative estimate of drug-likeness (QED) is 0.180. The Hall–Kier alpha value is -0.412. The summed E-state index contributed by atoms with van der Waals surface area (Å²) in [5.74, 6) is 0. The van der Waals surface area contributed by atoms with Gasteiger partial charge in [-0.3, -0.25) is 0 Å². The Morgan fingerprint density at radius 3 is 0.975 bits per heavy atom. The average Bonchev–Trinajstić information content (AvgIpc) is 3.70. The van der Waals surface area contributed by atoms with Gasteiger partial charge in [0.15, 0.2) is 0 Å². The van der Waals surface area contributed by atoms with Crippen LogP contribution < -0.4 is 0 Å². The summed E-state index contributed by atoms with van der Waals surface area (Å²) >= 11 is 7.96. The first-order valence-electron chi connectivity index (χ1n) is 14.7. The Labute approximate surface area is 262 Å². The molecule has 0 spiro atoms. The van der Waals surface area contributed by atoms with Gasteiger partial charge in [0.1, 0.15) is 32.9 Å². The van der Waals surface area contributed by atoms with Crippen molar-refractivity contribution in [1.82, 2.24) is 8.46 Å². The molecule has 4 aromatic rings. The molecular formula is C30H44N2S4Si4. The van der Waals surface area contributed by atoms with E-state index in [9.17, 15) is 0 Å². The van der Waals surface area contributed by atoms with E-state index in [2.05, 4.69) is 109 Å². The molecule has 2 nitrogen and oxygen atoms in total. The van der Waals surface area contributed by atoms with Crippen molar-refractivity contribution < 1.29 is 0 Å². The molecule has 2 aliphatic rings. The predicted octanol–water partition coefficient (Wildman–Crippen LogP) is 11.4. The molecule has 0 bridgehead atoms. The summed E-state index contributed by atoms with van der Waals surface area (Å²) in [5, 5.41) is 0. The van der Waals surface area contributed by atoms with Crippen molar-refractivity contribution in [3.05, 3.63) is 58.3 Å². The van der Waals surface area contributed by atoms with Crippen molar-refractivity contribution in [1.29, 1.82) is 0 Å². The third-order valence-corrected chi connectivity index (χ3v) is 35.0. The second-order valence-electron chi connectivity index (χ2n) is 14.3. The van der Waals surface area contributed by atoms with Crippen LogP contribution in [0.15, 0.2) is 48.5 Å². The van der Waals surface area contributed by atoms with Crippen LogP contribution >= 0.6 is 45.3 Å². The fourth-order valence-electron chi connectivity index (χ4n) is 6.97. The Bertz CT molecular complexity index is 1360. The van der Waals surface area contributed by atoms with Crippen molar-refractivity contribution >= 4 is 78.3 Å². The van der Waals surface area contributed by atoms with Crippen LogP contribution in [0, 0.1) is 0 Å². The van der Waals surface area contributed by atoms with Gasteiger partial charge in [-0.05, 0) is 72.7 Å². The summed E-state index contributed by atoms with van der Waals surface area (Å²) in [4.78, 5) is 11.6. The van der Waals surface area contributed by atoms with E-state index in [0.717, 1.165) is 0 Å². The number of hydrogen-bond donors (Lipinski definition) is 0. The lowest BCUT2D eigenvalue weighted by atomic mass is 10.3. The van der Waals surface area contributed by atoms with Crippen LogP contribution in [-0.2, 0) is 13.1 Å². The zero-order valence-corrected chi connectivity index (χ0v) is 32.7. The molecule has 0 unspecified atom stereocenters. The van der Waals surface area contributed by atoms with Gasteiger partial charge in [-0.1, -0.05) is 52.4 Å². The maximum absolute atomic E-state index is 3.00. The smallest absolute Gasteiger partial charge is 0.115 e. The Kier molecular flexibility index (Phi) is 7.89. The van der Waals surface area contributed by atoms with E-state index in [0.29, 0.717) is 0 Å². The lowest BCUT2D eigenvalue weighted by Crippen LogP contribution is -2.53. The third kappa shape index (κ3) is 5.74. The van der Waals surface area contributed by atoms with Crippen LogP contribution in [0.2, 0.25) is 76.6 Å². The van der Waals surface area contributed by atoms with Crippen LogP contribution in [0.5, 0.6) is 0 Å². The molecular weight excluding hydrogens is 629 g/mol. The zero-order valence-electron chi connectivity index (χ0n) is 25.4. The van der Waals surface area contributed by atoms with Gasteiger partial charge in [0.25, 0.3) is 0 Å². The highest BCUT2D eigenvalue weighted by Gasteiger charge is 2.48. The van der Waals surface area contributed by atoms with E-state index in [1.807, 2.05) is 45.3 Å². The van der Waals surface area contributed by atoms with Gasteiger partial charge in [-0.15, -0.1) is 45.3 Å². The molecule has 6 rings (SSSR count). The molecule has 2 fully saturated rings. The zero-order chi connectivity index (χ0) is 28.5. The summed E-state index contributed by atoms with van der Waals surface area (Å²) < 4.78 is 5.99. The predicted molar refractivity (Wildman–Crippen MR) is 194 cm³/mol. The van der Waals surface area contributed by atoms with Crippen molar-refractivity contribution in [3.63, 3.8) is 0 Å². The molecule has 0 aliphatic carbocycles. The number of thiophene rings is 4. The Morgan fingerprint density at radius 1 is 0.425 bits per heavy atom. The van der Waals surface area contributed by atoms with Crippen LogP contribution in [0.4, 0.5) is 0 Å². The van der Waals surface area contributed by atoms with Crippen LogP contribution in [0.3, 0.4) is 0 Å². The summed E-state index contributed by atoms with van der Waals surface area (Å²) in [6.07, 6.45) is 0. The molecule has 2 aliphatic heterocycles. The molecule has 0 aromatic carbocycles. The van der Waals surface area contributed by atoms with Gasteiger partial charge in [-0.2, -0.15) is 0 Å². The van der Waals surface area contributed by atoms with E-state index < -0.39 is 32.9 Å². The highest BCUT2D eigenvalue weighted by Crippen LogP contribution is 2.45. The van der Waals surface area contributed by atoms with Gasteiger partial charge in [0.2, 0.25) is 0 Å². The van der Waals surface area contributed by atoms with Crippen LogP contribution in [0.25, 0.3) is 29.3 Å². The summed E-state index contributed by atoms with van der Waals surface area (Å²) in [6, 6.07) is 24.8. The van der Waals surface area contributed by atoms with E-state index in [4.69, 9.17) is 0 Å². The van der Waals surface area contributed by atoms with Crippen molar-refractivity contribution in [3.8, 4) is 29.3 Å². The largest absolute Gasteiger partial charge is 0.341 e. The second-order valence-corrected chi connectivity index (χ2v) is 38.3. The lowest BCUT2D eigenvalue weighted by Gasteiger charge is -2.38. The molecule has 4 aromatic heterocycles. The maximum Gasteiger partial charge on any atom is 0.115 e. The van der Waals surface area contributed by atoms with Crippen LogP contribution in [0.1, 0.15) is 9.75 Å². The van der Waals surface area contributed by atoms with Crippen LogP contribution in [-0.4, -0.2) is 41.4 Å². The first-order valence-corrected chi connectivity index (χ1v) is 30.6. The minimum atomic E-state index is -1.24. The summed E-state index contributed by atoms with van der Waals surface area (Å²) in [7, 11) is -4.95. The summed E-state index contributed by atoms with van der Waals surface area (Å²) in [6.45, 7) is 23.0. The van der Waals surface area contributed by atoms with Gasteiger partial charge in [0, 0.05) is 52.1 Å². The van der Waals surface area contributed by atoms with Crippen molar-refractivity contribution in [2.45, 2.75) is 89.6 Å². The molecule has 0 N–H and O–H groups in total. The molecule has 2 saturated heterocycles. The van der Waals surface area contributed by atoms with Crippen molar-refractivity contribution in [2.75, 3.05) is 0 Å². The summed E-state index contributed by atoms with van der Waals surface area (Å²) in [5.41, 5.74) is 0. The first kappa shape index (κ1) is 29.7. The third-order valence-electron chi connectivity index (χ3n) is 9.51. The molecule has 40 heavy (non-hydrogen) atoms. The molecule has 0 atom stereocenters. The van der Waals surface area contributed by atoms with Gasteiger partial charge in [-0.25, -0.2) is 0 Å². The monoisotopic (exact) mass is 672 g/mol. The second kappa shape index (κ2) is 10.6. The van der Waals surface area contributed by atoms with E-state index >= 15 is 0 Å². The SMILES string of the molecule is C[Si]1(C)CC[Si](C)(C)N1Cc1ccc(-c2ccc(-c3ccc(-c4ccc(CN5[Si](C)(C)CC[Si]5(C)C)s4)s3)s2)s1. The molecule has 0 radical (unpaired) electrons. The number of nitrogens with zero attached hydrogens (tertiary/aromatic N) is 2. The standard InChI is InChI=1S/C30H44N2S4Si4/c1-37(2)17-18-38(3,4)31(37)21-23-9-11-25(33-23)27-13-15-29(35-27)30-16-14-28(36-30)26-12-10-24(34-26)22-32-39(5,6)19-20-40(32,7)8/h9-16H,17-22H2,1-8H3. The normalized spacial score (nSPS) is 21.9. The number of hydrogen-bond acceptors (Lipinski definition) is 6. The Balaban J connectivity index is 1.15. The van der Waals surface area contributed by atoms with Gasteiger partial charge < -0.3 is 8.46 Å². The lowest BCUT2D eigenvalue weighted by molar-refractivity contribution is 0.631. The Morgan fingerprint density at radius 2 is 0.675 bits per heavy atom. The molecule has 0 amide bonds. The average molecular weight is 673 g/mol. The fraction of sp³-hybridized carbons (Fsp3) is 0.467. The maximum atomic E-state index is 3.00. The topological polar surface area (TPSA) is 6.48 Å². The highest BCUT2D eigenvalue weighted by molar-refractivity contribution is 7.28. The minimum absolute atomic E-state index is 1.18. The minimum Gasteiger partial charge on any atom is -0.341 e. The van der Waals surface area contributed by atoms with E-state index in [1.54, 1.807) is 9.75 Å². The van der Waals surface area contributed by atoms with Gasteiger partial charge >= 0.3 is 0 Å². The molecule has 6 heterocycles. The molecule has 0 saturated carbocycles. The van der Waals surface area contributed by atoms with E-state index in [1.165, 1.54) is 66.5 Å². The number of rotatable bonds is 7. The highest BCUT2D eigenvalue weighted by atomic mass is 32.1. The molecule has 214 valence electrons. The molecule has 10 heteroatoms. The van der Waals surface area contributed by atoms with Crippen molar-refractivity contribution in [2.24, 2.45) is 0 Å². The van der Waals surface area contributed by atoms with E-state index in [-0.39, 0.29) is 0 Å².